The molecule has 0 spiro atoms. The topological polar surface area (TPSA) is 89.7 Å². The van der Waals surface area contributed by atoms with Gasteiger partial charge in [-0.1, -0.05) is 23.7 Å². The van der Waals surface area contributed by atoms with E-state index in [1.165, 1.54) is 12.1 Å². The monoisotopic (exact) mass is 570 g/mol. The number of nitrogens with zero attached hydrogens (tertiary/aromatic N) is 4. The average Bonchev–Trinajstić information content (AvgIpc) is 3.27. The van der Waals surface area contributed by atoms with E-state index in [2.05, 4.69) is 4.98 Å². The molecule has 2 aromatic heterocycles. The third-order valence-corrected chi connectivity index (χ3v) is 7.33. The molecule has 1 aliphatic heterocycles. The van der Waals surface area contributed by atoms with Crippen LogP contribution in [0.4, 0.5) is 8.78 Å². The summed E-state index contributed by atoms with van der Waals surface area (Å²) in [5.74, 6) is -0.849. The molecule has 210 valence electrons. The zero-order valence-corrected chi connectivity index (χ0v) is 22.7. The molecule has 1 saturated heterocycles. The van der Waals surface area contributed by atoms with E-state index in [-0.39, 0.29) is 18.7 Å². The number of ether oxygens (including phenoxy) is 2. The SMILES string of the molecule is COCCn1c(CN2CC[C@@H](c3cccc(OCc4ccc(Cl)cc4F)n3)[C@H](F)C2)nc2ccc(C(=O)O)cc21. The molecule has 3 heterocycles. The van der Waals surface area contributed by atoms with Crippen molar-refractivity contribution in [3.8, 4) is 5.88 Å². The zero-order chi connectivity index (χ0) is 28.2. The molecular formula is C29H29ClF2N4O4. The molecule has 0 saturated carbocycles. The molecule has 1 aliphatic rings. The van der Waals surface area contributed by atoms with Gasteiger partial charge in [0.15, 0.2) is 0 Å². The molecular weight excluding hydrogens is 542 g/mol. The summed E-state index contributed by atoms with van der Waals surface area (Å²) < 4.78 is 42.5. The summed E-state index contributed by atoms with van der Waals surface area (Å²) in [5, 5.41) is 9.72. The van der Waals surface area contributed by atoms with Gasteiger partial charge in [-0.25, -0.2) is 23.5 Å². The molecule has 5 rings (SSSR count). The van der Waals surface area contributed by atoms with E-state index in [9.17, 15) is 14.3 Å². The highest BCUT2D eigenvalue weighted by atomic mass is 35.5. The number of carboxylic acids is 1. The van der Waals surface area contributed by atoms with Crippen molar-refractivity contribution in [1.29, 1.82) is 0 Å². The maximum Gasteiger partial charge on any atom is 0.335 e. The number of rotatable bonds is 10. The first kappa shape index (κ1) is 27.9. The van der Waals surface area contributed by atoms with Gasteiger partial charge in [0.25, 0.3) is 0 Å². The number of hydrogen-bond donors (Lipinski definition) is 1. The van der Waals surface area contributed by atoms with Crippen LogP contribution in [-0.2, 0) is 24.4 Å². The number of carboxylic acid groups (broad SMARTS) is 1. The Labute approximate surface area is 235 Å². The molecule has 4 aromatic rings. The molecule has 2 aromatic carbocycles. The van der Waals surface area contributed by atoms with E-state index in [4.69, 9.17) is 26.1 Å². The number of imidazole rings is 1. The Morgan fingerprint density at radius 3 is 2.77 bits per heavy atom. The number of aromatic nitrogens is 3. The van der Waals surface area contributed by atoms with Crippen LogP contribution in [0.5, 0.6) is 5.88 Å². The number of halogens is 3. The zero-order valence-electron chi connectivity index (χ0n) is 21.9. The van der Waals surface area contributed by atoms with Crippen molar-refractivity contribution in [2.24, 2.45) is 0 Å². The van der Waals surface area contributed by atoms with Gasteiger partial charge in [-0.3, -0.25) is 4.90 Å². The third kappa shape index (κ3) is 6.24. The Kier molecular flexibility index (Phi) is 8.58. The fraction of sp³-hybridized carbons (Fsp3) is 0.345. The maximum absolute atomic E-state index is 15.5. The summed E-state index contributed by atoms with van der Waals surface area (Å²) in [4.78, 5) is 22.7. The van der Waals surface area contributed by atoms with Gasteiger partial charge < -0.3 is 19.1 Å². The lowest BCUT2D eigenvalue weighted by Crippen LogP contribution is -2.41. The molecule has 0 bridgehead atoms. The van der Waals surface area contributed by atoms with Gasteiger partial charge in [-0.05, 0) is 49.4 Å². The lowest BCUT2D eigenvalue weighted by atomic mass is 9.91. The maximum atomic E-state index is 15.5. The van der Waals surface area contributed by atoms with Crippen molar-refractivity contribution in [2.45, 2.75) is 38.2 Å². The Bertz CT molecular complexity index is 1510. The first-order valence-electron chi connectivity index (χ1n) is 12.9. The van der Waals surface area contributed by atoms with Crippen molar-refractivity contribution < 1.29 is 28.2 Å². The molecule has 1 N–H and O–H groups in total. The Morgan fingerprint density at radius 1 is 1.18 bits per heavy atom. The smallest absolute Gasteiger partial charge is 0.335 e. The van der Waals surface area contributed by atoms with Crippen molar-refractivity contribution in [3.63, 3.8) is 0 Å². The van der Waals surface area contributed by atoms with E-state index in [0.29, 0.717) is 65.9 Å². The summed E-state index contributed by atoms with van der Waals surface area (Å²) >= 11 is 5.81. The fourth-order valence-electron chi connectivity index (χ4n) is 5.01. The first-order valence-corrected chi connectivity index (χ1v) is 13.3. The summed E-state index contributed by atoms with van der Waals surface area (Å²) in [6, 6.07) is 14.4. The van der Waals surface area contributed by atoms with E-state index >= 15 is 4.39 Å². The molecule has 0 amide bonds. The summed E-state index contributed by atoms with van der Waals surface area (Å²) in [6.07, 6.45) is -0.620. The Hall–Kier alpha value is -3.60. The highest BCUT2D eigenvalue weighted by molar-refractivity contribution is 6.30. The number of hydrogen-bond acceptors (Lipinski definition) is 6. The summed E-state index contributed by atoms with van der Waals surface area (Å²) in [5.41, 5.74) is 2.51. The number of benzene rings is 2. The molecule has 2 atom stereocenters. The van der Waals surface area contributed by atoms with E-state index < -0.39 is 23.9 Å². The minimum Gasteiger partial charge on any atom is -0.478 e. The lowest BCUT2D eigenvalue weighted by molar-refractivity contribution is 0.0697. The van der Waals surface area contributed by atoms with Crippen LogP contribution >= 0.6 is 11.6 Å². The summed E-state index contributed by atoms with van der Waals surface area (Å²) in [6.45, 7) is 2.14. The number of likely N-dealkylation sites (tertiary alicyclic amines) is 1. The van der Waals surface area contributed by atoms with Gasteiger partial charge in [0, 0.05) is 42.8 Å². The number of piperidine rings is 1. The number of alkyl halides is 1. The molecule has 1 fully saturated rings. The molecule has 0 aliphatic carbocycles. The second kappa shape index (κ2) is 12.3. The van der Waals surface area contributed by atoms with Crippen molar-refractivity contribution in [1.82, 2.24) is 19.4 Å². The van der Waals surface area contributed by atoms with Crippen LogP contribution in [0.3, 0.4) is 0 Å². The normalized spacial score (nSPS) is 17.8. The van der Waals surface area contributed by atoms with Crippen LogP contribution < -0.4 is 4.74 Å². The molecule has 40 heavy (non-hydrogen) atoms. The number of aromatic carboxylic acids is 1. The summed E-state index contributed by atoms with van der Waals surface area (Å²) in [7, 11) is 1.60. The second-order valence-electron chi connectivity index (χ2n) is 9.75. The van der Waals surface area contributed by atoms with Gasteiger partial charge in [-0.15, -0.1) is 0 Å². The highest BCUT2D eigenvalue weighted by Crippen LogP contribution is 2.31. The van der Waals surface area contributed by atoms with Crippen molar-refractivity contribution in [3.05, 3.63) is 88.1 Å². The molecule has 0 radical (unpaired) electrons. The van der Waals surface area contributed by atoms with Crippen LogP contribution in [0.25, 0.3) is 11.0 Å². The highest BCUT2D eigenvalue weighted by Gasteiger charge is 2.32. The van der Waals surface area contributed by atoms with Gasteiger partial charge in [0.2, 0.25) is 5.88 Å². The lowest BCUT2D eigenvalue weighted by Gasteiger charge is -2.34. The minimum atomic E-state index is -1.17. The van der Waals surface area contributed by atoms with Crippen LogP contribution in [-0.4, -0.2) is 63.5 Å². The van der Waals surface area contributed by atoms with Crippen molar-refractivity contribution in [2.75, 3.05) is 26.8 Å². The predicted octanol–water partition coefficient (Wildman–Crippen LogP) is 5.48. The minimum absolute atomic E-state index is 0.0189. The van der Waals surface area contributed by atoms with Crippen molar-refractivity contribution >= 4 is 28.6 Å². The standard InChI is InChI=1S/C29H29ClF2N4O4/c1-39-12-11-36-26-13-18(29(37)38)6-8-25(26)33-27(36)16-35-10-9-21(23(32)15-35)24-3-2-4-28(34-24)40-17-19-5-7-20(30)14-22(19)31/h2-8,13-14,21,23H,9-12,15-17H2,1H3,(H,37,38)/t21-,23-/m1/s1. The van der Waals surface area contributed by atoms with Gasteiger partial charge >= 0.3 is 5.97 Å². The van der Waals surface area contributed by atoms with Crippen LogP contribution in [0.1, 0.15) is 39.8 Å². The van der Waals surface area contributed by atoms with E-state index in [1.54, 1.807) is 49.6 Å². The number of pyridine rings is 1. The second-order valence-corrected chi connectivity index (χ2v) is 10.2. The molecule has 11 heteroatoms. The van der Waals surface area contributed by atoms with Crippen LogP contribution in [0.2, 0.25) is 5.02 Å². The molecule has 8 nitrogen and oxygen atoms in total. The van der Waals surface area contributed by atoms with Gasteiger partial charge in [0.05, 0.1) is 35.4 Å². The van der Waals surface area contributed by atoms with Gasteiger partial charge in [-0.2, -0.15) is 0 Å². The van der Waals surface area contributed by atoms with Crippen LogP contribution in [0, 0.1) is 5.82 Å². The fourth-order valence-corrected chi connectivity index (χ4v) is 5.17. The van der Waals surface area contributed by atoms with E-state index in [1.807, 2.05) is 9.47 Å². The number of methoxy groups -OCH3 is 1. The Morgan fingerprint density at radius 2 is 2.02 bits per heavy atom. The first-order chi connectivity index (χ1) is 19.3. The largest absolute Gasteiger partial charge is 0.478 e. The number of carbonyl (C=O) groups is 1. The Balaban J connectivity index is 1.26. The third-order valence-electron chi connectivity index (χ3n) is 7.10. The van der Waals surface area contributed by atoms with Gasteiger partial charge in [0.1, 0.15) is 24.4 Å². The molecule has 0 unspecified atom stereocenters. The number of fused-ring (bicyclic) bond motifs is 1. The van der Waals surface area contributed by atoms with Crippen LogP contribution in [0.15, 0.2) is 54.6 Å². The van der Waals surface area contributed by atoms with E-state index in [0.717, 1.165) is 5.82 Å². The average molecular weight is 571 g/mol. The predicted molar refractivity (Wildman–Crippen MR) is 146 cm³/mol. The quantitative estimate of drug-likeness (QED) is 0.270.